The van der Waals surface area contributed by atoms with Crippen LogP contribution in [0.15, 0.2) is 24.4 Å². The molecule has 1 atom stereocenters. The Bertz CT molecular complexity index is 358. The van der Waals surface area contributed by atoms with Crippen LogP contribution in [0.4, 0.5) is 0 Å². The van der Waals surface area contributed by atoms with E-state index >= 15 is 0 Å². The first-order valence-electron chi connectivity index (χ1n) is 8.15. The third-order valence-electron chi connectivity index (χ3n) is 4.47. The molecule has 3 nitrogen and oxygen atoms in total. The van der Waals surface area contributed by atoms with Crippen LogP contribution in [0, 0.1) is 5.92 Å². The minimum Gasteiger partial charge on any atom is -0.314 e. The van der Waals surface area contributed by atoms with Crippen molar-refractivity contribution in [1.29, 1.82) is 0 Å². The van der Waals surface area contributed by atoms with Gasteiger partial charge in [-0.1, -0.05) is 13.0 Å². The highest BCUT2D eigenvalue weighted by molar-refractivity contribution is 5.03. The zero-order chi connectivity index (χ0) is 14.2. The quantitative estimate of drug-likeness (QED) is 0.829. The van der Waals surface area contributed by atoms with E-state index in [2.05, 4.69) is 41.2 Å². The predicted molar refractivity (Wildman–Crippen MR) is 84.9 cm³/mol. The number of hydrogen-bond donors (Lipinski definition) is 1. The second-order valence-electron chi connectivity index (χ2n) is 5.99. The molecule has 112 valence electrons. The zero-order valence-electron chi connectivity index (χ0n) is 13.0. The van der Waals surface area contributed by atoms with E-state index in [0.29, 0.717) is 6.04 Å². The van der Waals surface area contributed by atoms with Gasteiger partial charge in [-0.2, -0.15) is 0 Å². The van der Waals surface area contributed by atoms with Crippen molar-refractivity contribution in [1.82, 2.24) is 15.2 Å². The molecule has 1 aromatic rings. The minimum atomic E-state index is 0.674. The zero-order valence-corrected chi connectivity index (χ0v) is 13.0. The largest absolute Gasteiger partial charge is 0.314 e. The van der Waals surface area contributed by atoms with Crippen LogP contribution in [-0.4, -0.2) is 42.1 Å². The van der Waals surface area contributed by atoms with Crippen LogP contribution in [0.1, 0.15) is 38.8 Å². The Morgan fingerprint density at radius 1 is 1.35 bits per heavy atom. The molecular formula is C17H29N3. The lowest BCUT2D eigenvalue weighted by Gasteiger charge is -2.35. The van der Waals surface area contributed by atoms with E-state index in [-0.39, 0.29) is 0 Å². The van der Waals surface area contributed by atoms with Crippen molar-refractivity contribution in [3.8, 4) is 0 Å². The Balaban J connectivity index is 1.66. The van der Waals surface area contributed by atoms with Crippen LogP contribution in [0.3, 0.4) is 0 Å². The number of likely N-dealkylation sites (tertiary alicyclic amines) is 1. The second-order valence-corrected chi connectivity index (χ2v) is 5.99. The number of nitrogens with zero attached hydrogens (tertiary/aromatic N) is 2. The van der Waals surface area contributed by atoms with Crippen LogP contribution in [0.25, 0.3) is 0 Å². The molecule has 0 aromatic carbocycles. The number of nitrogens with one attached hydrogen (secondary N) is 1. The maximum atomic E-state index is 4.40. The van der Waals surface area contributed by atoms with E-state index in [1.54, 1.807) is 0 Å². The fourth-order valence-electron chi connectivity index (χ4n) is 3.03. The Labute approximate surface area is 123 Å². The van der Waals surface area contributed by atoms with Crippen molar-refractivity contribution in [2.24, 2.45) is 5.92 Å². The topological polar surface area (TPSA) is 28.2 Å². The van der Waals surface area contributed by atoms with Gasteiger partial charge in [0, 0.05) is 30.9 Å². The Hall–Kier alpha value is -0.930. The van der Waals surface area contributed by atoms with E-state index in [9.17, 15) is 0 Å². The summed E-state index contributed by atoms with van der Waals surface area (Å²) in [4.78, 5) is 7.00. The van der Waals surface area contributed by atoms with Gasteiger partial charge in [-0.05, 0) is 63.9 Å². The summed E-state index contributed by atoms with van der Waals surface area (Å²) in [6.45, 7) is 9.39. The Morgan fingerprint density at radius 3 is 2.80 bits per heavy atom. The summed E-state index contributed by atoms with van der Waals surface area (Å²) < 4.78 is 0. The molecular weight excluding hydrogens is 246 g/mol. The van der Waals surface area contributed by atoms with E-state index in [0.717, 1.165) is 25.4 Å². The Morgan fingerprint density at radius 2 is 2.15 bits per heavy atom. The molecule has 2 rings (SSSR count). The highest BCUT2D eigenvalue weighted by Gasteiger charge is 2.23. The SMILES string of the molecule is CCCNC(C)C1CCN(CCc2ccccn2)CC1. The smallest absolute Gasteiger partial charge is 0.0416 e. The third-order valence-corrected chi connectivity index (χ3v) is 4.47. The normalized spacial score (nSPS) is 19.1. The molecule has 1 saturated heterocycles. The van der Waals surface area contributed by atoms with E-state index in [1.165, 1.54) is 38.0 Å². The first-order chi connectivity index (χ1) is 9.79. The van der Waals surface area contributed by atoms with Crippen LogP contribution >= 0.6 is 0 Å². The molecule has 20 heavy (non-hydrogen) atoms. The average molecular weight is 275 g/mol. The molecule has 0 aliphatic carbocycles. The first-order valence-corrected chi connectivity index (χ1v) is 8.15. The molecule has 1 aliphatic rings. The first kappa shape index (κ1) is 15.5. The summed E-state index contributed by atoms with van der Waals surface area (Å²) in [5.74, 6) is 0.854. The number of rotatable bonds is 7. The summed E-state index contributed by atoms with van der Waals surface area (Å²) >= 11 is 0. The lowest BCUT2D eigenvalue weighted by Crippen LogP contribution is -2.42. The van der Waals surface area contributed by atoms with Crippen molar-refractivity contribution < 1.29 is 0 Å². The summed E-state index contributed by atoms with van der Waals surface area (Å²) in [5, 5.41) is 3.65. The molecule has 1 fully saturated rings. The number of piperidine rings is 1. The third kappa shape index (κ3) is 4.88. The van der Waals surface area contributed by atoms with Gasteiger partial charge in [0.15, 0.2) is 0 Å². The fraction of sp³-hybridized carbons (Fsp3) is 0.706. The van der Waals surface area contributed by atoms with Gasteiger partial charge < -0.3 is 10.2 Å². The van der Waals surface area contributed by atoms with Gasteiger partial charge in [0.1, 0.15) is 0 Å². The highest BCUT2D eigenvalue weighted by Crippen LogP contribution is 2.20. The van der Waals surface area contributed by atoms with Crippen LogP contribution < -0.4 is 5.32 Å². The van der Waals surface area contributed by atoms with E-state index < -0.39 is 0 Å². The summed E-state index contributed by atoms with van der Waals surface area (Å²) in [6.07, 6.45) is 6.87. The van der Waals surface area contributed by atoms with Crippen LogP contribution in [0.5, 0.6) is 0 Å². The summed E-state index contributed by atoms with van der Waals surface area (Å²) in [6, 6.07) is 6.87. The molecule has 0 bridgehead atoms. The maximum Gasteiger partial charge on any atom is 0.0416 e. The molecule has 1 unspecified atom stereocenters. The molecule has 0 spiro atoms. The van der Waals surface area contributed by atoms with Crippen molar-refractivity contribution in [2.75, 3.05) is 26.2 Å². The lowest BCUT2D eigenvalue weighted by molar-refractivity contribution is 0.164. The van der Waals surface area contributed by atoms with E-state index in [1.807, 2.05) is 12.3 Å². The molecule has 1 aliphatic heterocycles. The second kappa shape index (κ2) is 8.38. The van der Waals surface area contributed by atoms with Crippen molar-refractivity contribution >= 4 is 0 Å². The van der Waals surface area contributed by atoms with Gasteiger partial charge in [0.25, 0.3) is 0 Å². The van der Waals surface area contributed by atoms with Gasteiger partial charge in [-0.3, -0.25) is 4.98 Å². The van der Waals surface area contributed by atoms with E-state index in [4.69, 9.17) is 0 Å². The van der Waals surface area contributed by atoms with Crippen LogP contribution in [0.2, 0.25) is 0 Å². The molecule has 3 heteroatoms. The molecule has 1 N–H and O–H groups in total. The standard InChI is InChI=1S/C17H29N3/c1-3-10-18-15(2)16-7-12-20(13-8-16)14-9-17-6-4-5-11-19-17/h4-6,11,15-16,18H,3,7-10,12-14H2,1-2H3. The molecule has 0 amide bonds. The van der Waals surface area contributed by atoms with Crippen LogP contribution in [-0.2, 0) is 6.42 Å². The highest BCUT2D eigenvalue weighted by atomic mass is 15.1. The van der Waals surface area contributed by atoms with Gasteiger partial charge in [0.05, 0.1) is 0 Å². The molecule has 0 radical (unpaired) electrons. The van der Waals surface area contributed by atoms with Crippen molar-refractivity contribution in [2.45, 2.75) is 45.6 Å². The summed E-state index contributed by atoms with van der Waals surface area (Å²) in [7, 11) is 0. The number of hydrogen-bond acceptors (Lipinski definition) is 3. The van der Waals surface area contributed by atoms with Gasteiger partial charge in [-0.15, -0.1) is 0 Å². The minimum absolute atomic E-state index is 0.674. The Kier molecular flexibility index (Phi) is 6.48. The predicted octanol–water partition coefficient (Wildman–Crippen LogP) is 2.72. The monoisotopic (exact) mass is 275 g/mol. The summed E-state index contributed by atoms with van der Waals surface area (Å²) in [5.41, 5.74) is 1.22. The van der Waals surface area contributed by atoms with Gasteiger partial charge in [-0.25, -0.2) is 0 Å². The van der Waals surface area contributed by atoms with Gasteiger partial charge >= 0.3 is 0 Å². The molecule has 2 heterocycles. The number of pyridine rings is 1. The average Bonchev–Trinajstić information content (AvgIpc) is 2.52. The van der Waals surface area contributed by atoms with Crippen molar-refractivity contribution in [3.63, 3.8) is 0 Å². The molecule has 1 aromatic heterocycles. The van der Waals surface area contributed by atoms with Gasteiger partial charge in [0.2, 0.25) is 0 Å². The fourth-order valence-corrected chi connectivity index (χ4v) is 3.03. The van der Waals surface area contributed by atoms with Crippen molar-refractivity contribution in [3.05, 3.63) is 30.1 Å². The lowest BCUT2D eigenvalue weighted by atomic mass is 9.90. The molecule has 0 saturated carbocycles. The number of aromatic nitrogens is 1. The maximum absolute atomic E-state index is 4.40.